The van der Waals surface area contributed by atoms with Crippen LogP contribution in [0.4, 0.5) is 0 Å². The number of hydrogen-bond acceptors (Lipinski definition) is 4. The molecule has 5 heteroatoms. The van der Waals surface area contributed by atoms with Gasteiger partial charge in [0.25, 0.3) is 0 Å². The van der Waals surface area contributed by atoms with Gasteiger partial charge in [0, 0.05) is 0 Å². The molecule has 0 spiro atoms. The standard InChI is InChI=1S/C15H23NO3S/c1-2-20(17,18)15-8-4-3-7-14(15)19-11-9-13-6-5-10-16-12-13/h3-4,7-8,13,16H,2,5-6,9-12H2,1H3. The van der Waals surface area contributed by atoms with Crippen LogP contribution in [-0.2, 0) is 9.84 Å². The van der Waals surface area contributed by atoms with E-state index in [9.17, 15) is 8.42 Å². The van der Waals surface area contributed by atoms with E-state index in [0.717, 1.165) is 19.5 Å². The first kappa shape index (κ1) is 15.3. The molecule has 0 amide bonds. The molecule has 1 saturated heterocycles. The van der Waals surface area contributed by atoms with Crippen molar-refractivity contribution >= 4 is 9.84 Å². The van der Waals surface area contributed by atoms with E-state index in [1.165, 1.54) is 12.8 Å². The average Bonchev–Trinajstić information content (AvgIpc) is 2.49. The normalized spacial score (nSPS) is 19.8. The van der Waals surface area contributed by atoms with E-state index in [-0.39, 0.29) is 5.75 Å². The molecule has 1 aliphatic rings. The number of sulfone groups is 1. The van der Waals surface area contributed by atoms with Gasteiger partial charge in [-0.05, 0) is 50.4 Å². The maximum absolute atomic E-state index is 12.0. The number of ether oxygens (including phenoxy) is 1. The smallest absolute Gasteiger partial charge is 0.181 e. The molecule has 0 aliphatic carbocycles. The first-order valence-electron chi connectivity index (χ1n) is 7.29. The lowest BCUT2D eigenvalue weighted by Crippen LogP contribution is -2.30. The Morgan fingerprint density at radius 1 is 1.35 bits per heavy atom. The summed E-state index contributed by atoms with van der Waals surface area (Å²) >= 11 is 0. The van der Waals surface area contributed by atoms with Gasteiger partial charge in [0.05, 0.1) is 12.4 Å². The van der Waals surface area contributed by atoms with Crippen molar-refractivity contribution < 1.29 is 13.2 Å². The monoisotopic (exact) mass is 297 g/mol. The van der Waals surface area contributed by atoms with Gasteiger partial charge in [-0.1, -0.05) is 19.1 Å². The maximum atomic E-state index is 12.0. The van der Waals surface area contributed by atoms with Crippen LogP contribution in [-0.4, -0.2) is 33.9 Å². The number of rotatable bonds is 6. The van der Waals surface area contributed by atoms with Gasteiger partial charge in [-0.25, -0.2) is 8.42 Å². The molecule has 20 heavy (non-hydrogen) atoms. The summed E-state index contributed by atoms with van der Waals surface area (Å²) in [6, 6.07) is 6.91. The third-order valence-corrected chi connectivity index (χ3v) is 5.51. The Kier molecular flexibility index (Phi) is 5.43. The van der Waals surface area contributed by atoms with Crippen molar-refractivity contribution in [3.63, 3.8) is 0 Å². The van der Waals surface area contributed by atoms with Crippen molar-refractivity contribution in [2.75, 3.05) is 25.4 Å². The van der Waals surface area contributed by atoms with Gasteiger partial charge in [0.2, 0.25) is 0 Å². The van der Waals surface area contributed by atoms with Crippen LogP contribution in [0.15, 0.2) is 29.2 Å². The van der Waals surface area contributed by atoms with Crippen molar-refractivity contribution in [3.05, 3.63) is 24.3 Å². The summed E-state index contributed by atoms with van der Waals surface area (Å²) in [5, 5.41) is 3.38. The molecule has 2 rings (SSSR count). The Bertz CT molecular complexity index is 522. The fourth-order valence-corrected chi connectivity index (χ4v) is 3.52. The third-order valence-electron chi connectivity index (χ3n) is 3.75. The second-order valence-corrected chi connectivity index (χ2v) is 7.45. The van der Waals surface area contributed by atoms with Gasteiger partial charge in [-0.2, -0.15) is 0 Å². The van der Waals surface area contributed by atoms with Gasteiger partial charge in [-0.15, -0.1) is 0 Å². The lowest BCUT2D eigenvalue weighted by Gasteiger charge is -2.22. The van der Waals surface area contributed by atoms with Crippen molar-refractivity contribution in [3.8, 4) is 5.75 Å². The molecular formula is C15H23NO3S. The second kappa shape index (κ2) is 7.09. The topological polar surface area (TPSA) is 55.4 Å². The molecule has 1 unspecified atom stereocenters. The Morgan fingerprint density at radius 3 is 2.85 bits per heavy atom. The predicted octanol–water partition coefficient (Wildman–Crippen LogP) is 2.25. The molecule has 112 valence electrons. The fourth-order valence-electron chi connectivity index (χ4n) is 2.49. The SMILES string of the molecule is CCS(=O)(=O)c1ccccc1OCCC1CCCNC1. The minimum Gasteiger partial charge on any atom is -0.492 e. The van der Waals surface area contributed by atoms with Gasteiger partial charge >= 0.3 is 0 Å². The summed E-state index contributed by atoms with van der Waals surface area (Å²) in [4.78, 5) is 0.310. The first-order valence-corrected chi connectivity index (χ1v) is 8.94. The highest BCUT2D eigenvalue weighted by atomic mass is 32.2. The molecule has 0 bridgehead atoms. The van der Waals surface area contributed by atoms with E-state index in [4.69, 9.17) is 4.74 Å². The van der Waals surface area contributed by atoms with Crippen LogP contribution in [0.3, 0.4) is 0 Å². The highest BCUT2D eigenvalue weighted by Crippen LogP contribution is 2.25. The van der Waals surface area contributed by atoms with Crippen LogP contribution < -0.4 is 10.1 Å². The first-order chi connectivity index (χ1) is 9.63. The zero-order valence-corrected chi connectivity index (χ0v) is 12.8. The van der Waals surface area contributed by atoms with E-state index >= 15 is 0 Å². The van der Waals surface area contributed by atoms with Gasteiger partial charge in [0.1, 0.15) is 10.6 Å². The Morgan fingerprint density at radius 2 is 2.15 bits per heavy atom. The third kappa shape index (κ3) is 3.96. The Hall–Kier alpha value is -1.07. The van der Waals surface area contributed by atoms with E-state index in [1.54, 1.807) is 25.1 Å². The molecule has 1 fully saturated rings. The van der Waals surface area contributed by atoms with Crippen molar-refractivity contribution in [2.24, 2.45) is 5.92 Å². The summed E-state index contributed by atoms with van der Waals surface area (Å²) in [7, 11) is -3.22. The molecule has 1 aliphatic heterocycles. The second-order valence-electron chi connectivity index (χ2n) is 5.20. The predicted molar refractivity (Wildman–Crippen MR) is 79.9 cm³/mol. The Labute approximate surface area is 121 Å². The van der Waals surface area contributed by atoms with Gasteiger partial charge < -0.3 is 10.1 Å². The minimum absolute atomic E-state index is 0.0971. The minimum atomic E-state index is -3.22. The maximum Gasteiger partial charge on any atom is 0.181 e. The molecule has 1 N–H and O–H groups in total. The molecular weight excluding hydrogens is 274 g/mol. The van der Waals surface area contributed by atoms with E-state index in [2.05, 4.69) is 5.32 Å². The van der Waals surface area contributed by atoms with Crippen LogP contribution in [0.2, 0.25) is 0 Å². The zero-order valence-electron chi connectivity index (χ0n) is 12.0. The Balaban J connectivity index is 1.95. The summed E-state index contributed by atoms with van der Waals surface area (Å²) < 4.78 is 29.7. The van der Waals surface area contributed by atoms with E-state index in [0.29, 0.717) is 23.2 Å². The quantitative estimate of drug-likeness (QED) is 0.875. The van der Waals surface area contributed by atoms with E-state index in [1.807, 2.05) is 6.07 Å². The molecule has 0 aromatic heterocycles. The van der Waals surface area contributed by atoms with Crippen LogP contribution in [0.25, 0.3) is 0 Å². The number of para-hydroxylation sites is 1. The highest BCUT2D eigenvalue weighted by Gasteiger charge is 2.18. The molecule has 1 heterocycles. The van der Waals surface area contributed by atoms with Crippen LogP contribution in [0.5, 0.6) is 5.75 Å². The molecule has 4 nitrogen and oxygen atoms in total. The number of hydrogen-bond donors (Lipinski definition) is 1. The summed E-state index contributed by atoms with van der Waals surface area (Å²) in [5.74, 6) is 1.22. The number of benzene rings is 1. The molecule has 1 aromatic carbocycles. The average molecular weight is 297 g/mol. The van der Waals surface area contributed by atoms with Crippen molar-refractivity contribution in [1.82, 2.24) is 5.32 Å². The van der Waals surface area contributed by atoms with Crippen molar-refractivity contribution in [1.29, 1.82) is 0 Å². The molecule has 1 aromatic rings. The summed E-state index contributed by atoms with van der Waals surface area (Å²) in [6.45, 7) is 4.37. The number of piperidine rings is 1. The van der Waals surface area contributed by atoms with Crippen LogP contribution >= 0.6 is 0 Å². The van der Waals surface area contributed by atoms with Gasteiger partial charge in [-0.3, -0.25) is 0 Å². The zero-order chi connectivity index (χ0) is 14.4. The largest absolute Gasteiger partial charge is 0.492 e. The lowest BCUT2D eigenvalue weighted by atomic mass is 9.97. The summed E-state index contributed by atoms with van der Waals surface area (Å²) in [6.07, 6.45) is 3.41. The molecule has 0 saturated carbocycles. The lowest BCUT2D eigenvalue weighted by molar-refractivity contribution is 0.250. The molecule has 1 atom stereocenters. The fraction of sp³-hybridized carbons (Fsp3) is 0.600. The number of nitrogens with one attached hydrogen (secondary N) is 1. The van der Waals surface area contributed by atoms with Crippen molar-refractivity contribution in [2.45, 2.75) is 31.1 Å². The van der Waals surface area contributed by atoms with Gasteiger partial charge in [0.15, 0.2) is 9.84 Å². The van der Waals surface area contributed by atoms with Crippen LogP contribution in [0, 0.1) is 5.92 Å². The van der Waals surface area contributed by atoms with Crippen LogP contribution in [0.1, 0.15) is 26.2 Å². The highest BCUT2D eigenvalue weighted by molar-refractivity contribution is 7.91. The van der Waals surface area contributed by atoms with E-state index < -0.39 is 9.84 Å². The molecule has 0 radical (unpaired) electrons. The summed E-state index contributed by atoms with van der Waals surface area (Å²) in [5.41, 5.74) is 0.